The highest BCUT2D eigenvalue weighted by Crippen LogP contribution is 2.21. The molecule has 0 aromatic heterocycles. The van der Waals surface area contributed by atoms with Gasteiger partial charge in [-0.1, -0.05) is 41.2 Å². The molecule has 2 heteroatoms. The first kappa shape index (κ1) is 13.9. The van der Waals surface area contributed by atoms with Gasteiger partial charge in [-0.05, 0) is 23.5 Å². The largest absolute Gasteiger partial charge is 0.478 e. The van der Waals surface area contributed by atoms with Crippen molar-refractivity contribution in [1.29, 1.82) is 0 Å². The van der Waals surface area contributed by atoms with Crippen LogP contribution in [0.15, 0.2) is 29.6 Å². The van der Waals surface area contributed by atoms with Gasteiger partial charge in [0.2, 0.25) is 5.88 Å². The van der Waals surface area contributed by atoms with Crippen molar-refractivity contribution in [3.05, 3.63) is 24.6 Å². The molecule has 0 aliphatic carbocycles. The van der Waals surface area contributed by atoms with Gasteiger partial charge in [0.1, 0.15) is 0 Å². The lowest BCUT2D eigenvalue weighted by Crippen LogP contribution is -2.09. The van der Waals surface area contributed by atoms with E-state index in [0.717, 1.165) is 5.57 Å². The average Bonchev–Trinajstić information content (AvgIpc) is 2.09. The molecule has 0 atom stereocenters. The third kappa shape index (κ3) is 6.95. The summed E-state index contributed by atoms with van der Waals surface area (Å²) in [7, 11) is 0. The number of ether oxygens (including phenoxy) is 1. The Bertz CT molecular complexity index is 256. The minimum absolute atomic E-state index is 0.0435. The maximum atomic E-state index is 5.33. The van der Waals surface area contributed by atoms with Crippen molar-refractivity contribution in [1.82, 2.24) is 0 Å². The minimum atomic E-state index is 0.0435. The Morgan fingerprint density at radius 3 is 2.27 bits per heavy atom. The summed E-state index contributed by atoms with van der Waals surface area (Å²) in [6, 6.07) is 0. The zero-order valence-electron chi connectivity index (χ0n) is 10.6. The molecule has 0 aromatic rings. The fourth-order valence-corrected chi connectivity index (χ4v) is 0.644. The lowest BCUT2D eigenvalue weighted by atomic mass is 9.88. The highest BCUT2D eigenvalue weighted by molar-refractivity contribution is 5.79. The van der Waals surface area contributed by atoms with E-state index in [-0.39, 0.29) is 5.41 Å². The van der Waals surface area contributed by atoms with E-state index in [9.17, 15) is 0 Å². The van der Waals surface area contributed by atoms with Crippen molar-refractivity contribution in [2.75, 3.05) is 6.61 Å². The van der Waals surface area contributed by atoms with E-state index in [0.29, 0.717) is 18.4 Å². The molecular weight excluding hydrogens is 186 g/mol. The second-order valence-corrected chi connectivity index (χ2v) is 5.13. The van der Waals surface area contributed by atoms with Crippen molar-refractivity contribution in [2.45, 2.75) is 34.6 Å². The molecule has 0 N–H and O–H groups in total. The number of hydrogen-bond donors (Lipinski definition) is 0. The highest BCUT2D eigenvalue weighted by atomic mass is 16.5. The van der Waals surface area contributed by atoms with Gasteiger partial charge >= 0.3 is 0 Å². The number of allylic oxidation sites excluding steroid dienone is 1. The molecule has 0 rings (SSSR count). The minimum Gasteiger partial charge on any atom is -0.478 e. The van der Waals surface area contributed by atoms with Crippen molar-refractivity contribution < 1.29 is 4.74 Å². The highest BCUT2D eigenvalue weighted by Gasteiger charge is 2.12. The van der Waals surface area contributed by atoms with Crippen LogP contribution in [0, 0.1) is 11.3 Å². The van der Waals surface area contributed by atoms with Crippen LogP contribution >= 0.6 is 0 Å². The monoisotopic (exact) mass is 209 g/mol. The molecule has 0 spiro atoms. The van der Waals surface area contributed by atoms with E-state index >= 15 is 0 Å². The number of rotatable bonds is 5. The second kappa shape index (κ2) is 5.74. The summed E-state index contributed by atoms with van der Waals surface area (Å²) < 4.78 is 5.33. The Balaban J connectivity index is 4.07. The topological polar surface area (TPSA) is 21.6 Å². The lowest BCUT2D eigenvalue weighted by Gasteiger charge is -2.18. The Kier molecular flexibility index (Phi) is 5.34. The van der Waals surface area contributed by atoms with Crippen molar-refractivity contribution in [3.8, 4) is 0 Å². The van der Waals surface area contributed by atoms with Gasteiger partial charge in [0.05, 0.1) is 6.61 Å². The maximum absolute atomic E-state index is 5.33. The summed E-state index contributed by atoms with van der Waals surface area (Å²) in [5, 5.41) is 0. The van der Waals surface area contributed by atoms with E-state index < -0.39 is 0 Å². The van der Waals surface area contributed by atoms with Gasteiger partial charge in [-0.2, -0.15) is 0 Å². The Labute approximate surface area is 93.7 Å². The zero-order valence-corrected chi connectivity index (χ0v) is 10.6. The van der Waals surface area contributed by atoms with E-state index in [4.69, 9.17) is 4.74 Å². The molecule has 0 bridgehead atoms. The van der Waals surface area contributed by atoms with Crippen molar-refractivity contribution in [2.24, 2.45) is 16.3 Å². The molecule has 0 aliphatic heterocycles. The van der Waals surface area contributed by atoms with Crippen LogP contribution in [0.2, 0.25) is 0 Å². The van der Waals surface area contributed by atoms with Crippen molar-refractivity contribution in [3.63, 3.8) is 0 Å². The number of hydrogen-bond acceptors (Lipinski definition) is 2. The smallest absolute Gasteiger partial charge is 0.205 e. The lowest BCUT2D eigenvalue weighted by molar-refractivity contribution is 0.179. The second-order valence-electron chi connectivity index (χ2n) is 5.13. The van der Waals surface area contributed by atoms with E-state index in [1.807, 2.05) is 0 Å². The number of aliphatic imine (C=N–C) groups is 1. The summed E-state index contributed by atoms with van der Waals surface area (Å²) >= 11 is 0. The van der Waals surface area contributed by atoms with Crippen LogP contribution in [0.25, 0.3) is 0 Å². The van der Waals surface area contributed by atoms with Crippen LogP contribution < -0.4 is 0 Å². The van der Waals surface area contributed by atoms with Gasteiger partial charge in [-0.3, -0.25) is 0 Å². The van der Waals surface area contributed by atoms with Crippen LogP contribution in [0.5, 0.6) is 0 Å². The quantitative estimate of drug-likeness (QED) is 0.498. The van der Waals surface area contributed by atoms with Gasteiger partial charge in [0.25, 0.3) is 0 Å². The summed E-state index contributed by atoms with van der Waals surface area (Å²) in [6.07, 6.45) is 1.72. The van der Waals surface area contributed by atoms with Crippen LogP contribution in [-0.4, -0.2) is 12.8 Å². The van der Waals surface area contributed by atoms with Crippen LogP contribution in [0.1, 0.15) is 34.6 Å². The van der Waals surface area contributed by atoms with E-state index in [1.54, 1.807) is 6.21 Å². The normalized spacial score (nSPS) is 12.1. The number of nitrogens with zero attached hydrogens (tertiary/aromatic N) is 1. The zero-order chi connectivity index (χ0) is 12.1. The standard InChI is InChI=1S/C13H23NO/c1-10(2)9-15-12(4)14-8-11(3)13(5,6)7/h8,10H,3-4,9H2,1-2,5-7H3/b14-8-. The molecule has 0 radical (unpaired) electrons. The van der Waals surface area contributed by atoms with E-state index in [2.05, 4.69) is 52.8 Å². The van der Waals surface area contributed by atoms with Crippen LogP contribution in [0.3, 0.4) is 0 Å². The SMILES string of the molecule is C=C(/N=C\C(=C)C(C)(C)C)OCC(C)C. The average molecular weight is 209 g/mol. The Morgan fingerprint density at radius 2 is 1.87 bits per heavy atom. The first-order valence-corrected chi connectivity index (χ1v) is 5.28. The molecule has 0 amide bonds. The molecule has 0 aromatic carbocycles. The fraction of sp³-hybridized carbons (Fsp3) is 0.615. The molecule has 86 valence electrons. The third-order valence-electron chi connectivity index (χ3n) is 1.91. The van der Waals surface area contributed by atoms with Crippen molar-refractivity contribution >= 4 is 6.21 Å². The van der Waals surface area contributed by atoms with Gasteiger partial charge in [-0.15, -0.1) is 0 Å². The first-order chi connectivity index (χ1) is 6.73. The first-order valence-electron chi connectivity index (χ1n) is 5.28. The predicted molar refractivity (Wildman–Crippen MR) is 67.0 cm³/mol. The van der Waals surface area contributed by atoms with Gasteiger partial charge < -0.3 is 4.74 Å². The molecular formula is C13H23NO. The molecule has 0 unspecified atom stereocenters. The predicted octanol–water partition coefficient (Wildman–Crippen LogP) is 3.80. The van der Waals surface area contributed by atoms with E-state index in [1.165, 1.54) is 0 Å². The molecule has 15 heavy (non-hydrogen) atoms. The van der Waals surface area contributed by atoms with Gasteiger partial charge in [0.15, 0.2) is 0 Å². The molecule has 0 aliphatic rings. The fourth-order valence-electron chi connectivity index (χ4n) is 0.644. The molecule has 0 saturated carbocycles. The summed E-state index contributed by atoms with van der Waals surface area (Å²) in [5.74, 6) is 0.942. The molecule has 0 fully saturated rings. The van der Waals surface area contributed by atoms with Gasteiger partial charge in [0, 0.05) is 6.21 Å². The molecule has 2 nitrogen and oxygen atoms in total. The summed E-state index contributed by atoms with van der Waals surface area (Å²) in [4.78, 5) is 4.12. The van der Waals surface area contributed by atoms with Gasteiger partial charge in [-0.25, -0.2) is 4.99 Å². The molecule has 0 saturated heterocycles. The third-order valence-corrected chi connectivity index (χ3v) is 1.91. The Morgan fingerprint density at radius 1 is 1.33 bits per heavy atom. The van der Waals surface area contributed by atoms with Crippen LogP contribution in [-0.2, 0) is 4.74 Å². The maximum Gasteiger partial charge on any atom is 0.205 e. The summed E-state index contributed by atoms with van der Waals surface area (Å²) in [6.45, 7) is 18.8. The van der Waals surface area contributed by atoms with Crippen LogP contribution in [0.4, 0.5) is 0 Å². The Hall–Kier alpha value is -1.05. The molecule has 0 heterocycles. The summed E-state index contributed by atoms with van der Waals surface area (Å²) in [5.41, 5.74) is 1.01.